The summed E-state index contributed by atoms with van der Waals surface area (Å²) in [5, 5.41) is 7.45. The van der Waals surface area contributed by atoms with E-state index in [1.54, 1.807) is 7.11 Å². The van der Waals surface area contributed by atoms with Gasteiger partial charge in [-0.2, -0.15) is 5.10 Å². The summed E-state index contributed by atoms with van der Waals surface area (Å²) in [4.78, 5) is 12.6. The highest BCUT2D eigenvalue weighted by atomic mass is 16.5. The Labute approximate surface area is 153 Å². The summed E-state index contributed by atoms with van der Waals surface area (Å²) < 4.78 is 18.0. The molecule has 7 nitrogen and oxygen atoms in total. The lowest BCUT2D eigenvalue weighted by atomic mass is 10.1. The van der Waals surface area contributed by atoms with Gasteiger partial charge in [-0.25, -0.2) is 0 Å². The van der Waals surface area contributed by atoms with Crippen LogP contribution in [0.4, 0.5) is 0 Å². The number of benzene rings is 1. The molecule has 0 bridgehead atoms. The van der Waals surface area contributed by atoms with E-state index in [4.69, 9.17) is 14.2 Å². The summed E-state index contributed by atoms with van der Waals surface area (Å²) in [6.07, 6.45) is 0.762. The smallest absolute Gasteiger partial charge is 0.272 e. The van der Waals surface area contributed by atoms with Crippen molar-refractivity contribution in [2.24, 2.45) is 0 Å². The molecule has 0 atom stereocenters. The van der Waals surface area contributed by atoms with Crippen LogP contribution < -0.4 is 10.1 Å². The second-order valence-electron chi connectivity index (χ2n) is 6.05. The molecule has 2 aromatic rings. The standard InChI is InChI=1S/C19H25N3O4/c1-3-26-15-6-4-14(5-7-15)12-20-19(23)18-16-13-25-10-8-17(16)22(21-18)9-11-24-2/h4-7H,3,8-13H2,1-2H3,(H,20,23). The maximum atomic E-state index is 12.6. The molecule has 0 saturated carbocycles. The maximum absolute atomic E-state index is 12.6. The van der Waals surface area contributed by atoms with Gasteiger partial charge in [0.1, 0.15) is 5.75 Å². The van der Waals surface area contributed by atoms with Crippen LogP contribution in [0.1, 0.15) is 34.2 Å². The Bertz CT molecular complexity index is 740. The number of carbonyl (C=O) groups excluding carboxylic acids is 1. The molecule has 1 aromatic heterocycles. The Balaban J connectivity index is 1.68. The monoisotopic (exact) mass is 359 g/mol. The zero-order chi connectivity index (χ0) is 18.4. The first kappa shape index (κ1) is 18.4. The first-order chi connectivity index (χ1) is 12.7. The van der Waals surface area contributed by atoms with E-state index in [9.17, 15) is 4.79 Å². The molecule has 1 N–H and O–H groups in total. The van der Waals surface area contributed by atoms with Gasteiger partial charge in [0.15, 0.2) is 5.69 Å². The van der Waals surface area contributed by atoms with Gasteiger partial charge < -0.3 is 19.5 Å². The van der Waals surface area contributed by atoms with Crippen LogP contribution >= 0.6 is 0 Å². The molecule has 7 heteroatoms. The fraction of sp³-hybridized carbons (Fsp3) is 0.474. The van der Waals surface area contributed by atoms with E-state index in [0.29, 0.717) is 45.2 Å². The van der Waals surface area contributed by atoms with Crippen molar-refractivity contribution in [3.05, 3.63) is 46.8 Å². The zero-order valence-corrected chi connectivity index (χ0v) is 15.3. The molecule has 0 saturated heterocycles. The minimum atomic E-state index is -0.184. The van der Waals surface area contributed by atoms with Gasteiger partial charge in [0.25, 0.3) is 5.91 Å². The van der Waals surface area contributed by atoms with Crippen molar-refractivity contribution in [2.75, 3.05) is 26.9 Å². The number of carbonyl (C=O) groups is 1. The van der Waals surface area contributed by atoms with Crippen LogP contribution in [0.15, 0.2) is 24.3 Å². The van der Waals surface area contributed by atoms with Crippen molar-refractivity contribution in [1.29, 1.82) is 0 Å². The van der Waals surface area contributed by atoms with Crippen LogP contribution in [0.2, 0.25) is 0 Å². The van der Waals surface area contributed by atoms with E-state index < -0.39 is 0 Å². The molecule has 1 aliphatic rings. The number of fused-ring (bicyclic) bond motifs is 1. The summed E-state index contributed by atoms with van der Waals surface area (Å²) in [6.45, 7) is 5.28. The van der Waals surface area contributed by atoms with Crippen molar-refractivity contribution in [3.63, 3.8) is 0 Å². The maximum Gasteiger partial charge on any atom is 0.272 e. The van der Waals surface area contributed by atoms with Crippen LogP contribution in [0.5, 0.6) is 5.75 Å². The van der Waals surface area contributed by atoms with Gasteiger partial charge in [0, 0.05) is 31.3 Å². The van der Waals surface area contributed by atoms with Gasteiger partial charge in [0.05, 0.1) is 33.0 Å². The molecule has 1 aromatic carbocycles. The van der Waals surface area contributed by atoms with Gasteiger partial charge in [-0.05, 0) is 24.6 Å². The van der Waals surface area contributed by atoms with Crippen molar-refractivity contribution in [3.8, 4) is 5.75 Å². The van der Waals surface area contributed by atoms with Gasteiger partial charge in [-0.15, -0.1) is 0 Å². The SMILES string of the molecule is CCOc1ccc(CNC(=O)c2nn(CCOC)c3c2COCC3)cc1. The topological polar surface area (TPSA) is 74.6 Å². The summed E-state index contributed by atoms with van der Waals surface area (Å²) in [5.74, 6) is 0.641. The number of hydrogen-bond donors (Lipinski definition) is 1. The van der Waals surface area contributed by atoms with E-state index in [2.05, 4.69) is 10.4 Å². The highest BCUT2D eigenvalue weighted by Crippen LogP contribution is 2.21. The number of ether oxygens (including phenoxy) is 3. The molecule has 0 spiro atoms. The third-order valence-corrected chi connectivity index (χ3v) is 4.31. The number of rotatable bonds is 8. The van der Waals surface area contributed by atoms with Gasteiger partial charge in [-0.1, -0.05) is 12.1 Å². The Hall–Kier alpha value is -2.38. The Morgan fingerprint density at radius 3 is 2.88 bits per heavy atom. The largest absolute Gasteiger partial charge is 0.494 e. The van der Waals surface area contributed by atoms with Crippen LogP contribution in [-0.4, -0.2) is 42.6 Å². The lowest BCUT2D eigenvalue weighted by Gasteiger charge is -2.14. The summed E-state index contributed by atoms with van der Waals surface area (Å²) in [6, 6.07) is 7.70. The van der Waals surface area contributed by atoms with Crippen LogP contribution in [0.25, 0.3) is 0 Å². The first-order valence-corrected chi connectivity index (χ1v) is 8.88. The number of aromatic nitrogens is 2. The highest BCUT2D eigenvalue weighted by molar-refractivity contribution is 5.94. The molecule has 1 amide bonds. The predicted molar refractivity (Wildman–Crippen MR) is 96.2 cm³/mol. The molecule has 0 aliphatic carbocycles. The first-order valence-electron chi connectivity index (χ1n) is 8.88. The van der Waals surface area contributed by atoms with Gasteiger partial charge >= 0.3 is 0 Å². The number of nitrogens with zero attached hydrogens (tertiary/aromatic N) is 2. The summed E-state index contributed by atoms with van der Waals surface area (Å²) in [7, 11) is 1.66. The van der Waals surface area contributed by atoms with E-state index >= 15 is 0 Å². The molecule has 0 unspecified atom stereocenters. The third-order valence-electron chi connectivity index (χ3n) is 4.31. The number of methoxy groups -OCH3 is 1. The van der Waals surface area contributed by atoms with E-state index in [1.807, 2.05) is 35.9 Å². The predicted octanol–water partition coefficient (Wildman–Crippen LogP) is 1.93. The lowest BCUT2D eigenvalue weighted by Crippen LogP contribution is -2.25. The van der Waals surface area contributed by atoms with Crippen LogP contribution in [0, 0.1) is 0 Å². The molecular weight excluding hydrogens is 334 g/mol. The second kappa shape index (κ2) is 8.82. The van der Waals surface area contributed by atoms with Crippen molar-refractivity contribution >= 4 is 5.91 Å². The van der Waals surface area contributed by atoms with E-state index in [-0.39, 0.29) is 5.91 Å². The quantitative estimate of drug-likeness (QED) is 0.780. The number of amides is 1. The highest BCUT2D eigenvalue weighted by Gasteiger charge is 2.25. The fourth-order valence-corrected chi connectivity index (χ4v) is 2.99. The normalized spacial score (nSPS) is 13.3. The average Bonchev–Trinajstić information content (AvgIpc) is 3.05. The molecule has 0 radical (unpaired) electrons. The van der Waals surface area contributed by atoms with Gasteiger partial charge in [-0.3, -0.25) is 9.48 Å². The van der Waals surface area contributed by atoms with Gasteiger partial charge in [0.2, 0.25) is 0 Å². The van der Waals surface area contributed by atoms with E-state index in [0.717, 1.165) is 29.0 Å². The fourth-order valence-electron chi connectivity index (χ4n) is 2.99. The summed E-state index contributed by atoms with van der Waals surface area (Å²) >= 11 is 0. The molecule has 1 aliphatic heterocycles. The summed E-state index contributed by atoms with van der Waals surface area (Å²) in [5.41, 5.74) is 3.41. The third kappa shape index (κ3) is 4.23. The molecule has 2 heterocycles. The number of nitrogens with one attached hydrogen (secondary N) is 1. The molecule has 3 rings (SSSR count). The Kier molecular flexibility index (Phi) is 6.25. The number of hydrogen-bond acceptors (Lipinski definition) is 5. The molecule has 140 valence electrons. The molecule has 26 heavy (non-hydrogen) atoms. The minimum absolute atomic E-state index is 0.184. The Morgan fingerprint density at radius 1 is 1.35 bits per heavy atom. The van der Waals surface area contributed by atoms with Crippen molar-refractivity contribution in [2.45, 2.75) is 33.0 Å². The van der Waals surface area contributed by atoms with Crippen molar-refractivity contribution < 1.29 is 19.0 Å². The average molecular weight is 359 g/mol. The second-order valence-corrected chi connectivity index (χ2v) is 6.05. The van der Waals surface area contributed by atoms with E-state index in [1.165, 1.54) is 0 Å². The lowest BCUT2D eigenvalue weighted by molar-refractivity contribution is 0.0922. The van der Waals surface area contributed by atoms with Crippen LogP contribution in [0.3, 0.4) is 0 Å². The van der Waals surface area contributed by atoms with Crippen LogP contribution in [-0.2, 0) is 35.6 Å². The molecular formula is C19H25N3O4. The minimum Gasteiger partial charge on any atom is -0.494 e. The zero-order valence-electron chi connectivity index (χ0n) is 15.3. The molecule has 0 fully saturated rings. The Morgan fingerprint density at radius 2 is 2.15 bits per heavy atom. The van der Waals surface area contributed by atoms with Crippen molar-refractivity contribution in [1.82, 2.24) is 15.1 Å².